The van der Waals surface area contributed by atoms with E-state index in [0.29, 0.717) is 15.8 Å². The smallest absolute Gasteiger partial charge is 0.135 e. The topological polar surface area (TPSA) is 55.5 Å². The fourth-order valence-corrected chi connectivity index (χ4v) is 1.55. The number of ether oxygens (including phenoxy) is 1. The summed E-state index contributed by atoms with van der Waals surface area (Å²) in [7, 11) is 1.56. The van der Waals surface area contributed by atoms with Crippen LogP contribution >= 0.6 is 28.3 Å². The van der Waals surface area contributed by atoms with Gasteiger partial charge >= 0.3 is 0 Å². The highest BCUT2D eigenvalue weighted by atomic mass is 79.9. The molecule has 0 unspecified atom stereocenters. The van der Waals surface area contributed by atoms with Crippen molar-refractivity contribution in [1.82, 2.24) is 0 Å². The van der Waals surface area contributed by atoms with Crippen LogP contribution in [-0.4, -0.2) is 12.2 Å². The lowest BCUT2D eigenvalue weighted by Crippen LogP contribution is -2.07. The summed E-state index contributed by atoms with van der Waals surface area (Å²) in [6.07, 6.45) is 1.56. The van der Waals surface area contributed by atoms with Gasteiger partial charge in [-0.2, -0.15) is 0 Å². The van der Waals surface area contributed by atoms with E-state index < -0.39 is 6.04 Å². The summed E-state index contributed by atoms with van der Waals surface area (Å²) in [4.78, 5) is 0. The molecule has 84 valence electrons. The summed E-state index contributed by atoms with van der Waals surface area (Å²) < 4.78 is 5.61. The van der Waals surface area contributed by atoms with Gasteiger partial charge in [0.2, 0.25) is 0 Å². The number of methoxy groups -OCH3 is 1. The predicted octanol–water partition coefficient (Wildman–Crippen LogP) is 2.77. The van der Waals surface area contributed by atoms with Crippen molar-refractivity contribution in [2.75, 3.05) is 7.11 Å². The third-order valence-electron chi connectivity index (χ3n) is 1.92. The van der Waals surface area contributed by atoms with Gasteiger partial charge in [-0.3, -0.25) is 0 Å². The lowest BCUT2D eigenvalue weighted by molar-refractivity contribution is 0.409. The first kappa shape index (κ1) is 14.3. The maximum Gasteiger partial charge on any atom is 0.135 e. The first-order chi connectivity index (χ1) is 6.60. The molecule has 0 radical (unpaired) electrons. The van der Waals surface area contributed by atoms with Gasteiger partial charge in [0.05, 0.1) is 17.6 Å². The fraction of sp³-hybridized carbons (Fsp3) is 0.200. The molecule has 0 aromatic heterocycles. The second-order valence-electron chi connectivity index (χ2n) is 2.81. The third kappa shape index (κ3) is 3.12. The van der Waals surface area contributed by atoms with Crippen LogP contribution in [-0.2, 0) is 0 Å². The molecule has 1 atom stereocenters. The van der Waals surface area contributed by atoms with E-state index in [1.807, 2.05) is 0 Å². The minimum Gasteiger partial charge on any atom is -0.506 e. The molecule has 5 heteroatoms. The van der Waals surface area contributed by atoms with Crippen LogP contribution in [0.1, 0.15) is 11.6 Å². The molecule has 3 N–H and O–H groups in total. The number of aromatic hydroxyl groups is 1. The molecular weight excluding hydrogens is 281 g/mol. The molecule has 0 saturated heterocycles. The van der Waals surface area contributed by atoms with Crippen LogP contribution < -0.4 is 10.5 Å². The van der Waals surface area contributed by atoms with E-state index in [0.717, 1.165) is 0 Å². The average molecular weight is 295 g/mol. The second kappa shape index (κ2) is 6.00. The quantitative estimate of drug-likeness (QED) is 0.843. The highest BCUT2D eigenvalue weighted by Crippen LogP contribution is 2.35. The molecule has 0 saturated carbocycles. The van der Waals surface area contributed by atoms with E-state index in [-0.39, 0.29) is 18.2 Å². The van der Waals surface area contributed by atoms with Crippen molar-refractivity contribution in [2.45, 2.75) is 6.04 Å². The largest absolute Gasteiger partial charge is 0.506 e. The fourth-order valence-electron chi connectivity index (χ4n) is 1.09. The summed E-state index contributed by atoms with van der Waals surface area (Å²) in [5, 5.41) is 9.69. The van der Waals surface area contributed by atoms with Crippen LogP contribution in [0.5, 0.6) is 11.5 Å². The molecule has 1 aromatic rings. The Bertz CT molecular complexity index is 358. The van der Waals surface area contributed by atoms with Crippen LogP contribution in [0.25, 0.3) is 0 Å². The molecule has 15 heavy (non-hydrogen) atoms. The van der Waals surface area contributed by atoms with Gasteiger partial charge in [-0.15, -0.1) is 19.0 Å². The van der Waals surface area contributed by atoms with Gasteiger partial charge in [0, 0.05) is 5.56 Å². The Morgan fingerprint density at radius 2 is 2.20 bits per heavy atom. The second-order valence-corrected chi connectivity index (χ2v) is 3.66. The predicted molar refractivity (Wildman–Crippen MR) is 66.7 cm³/mol. The zero-order valence-corrected chi connectivity index (χ0v) is 10.6. The molecule has 0 bridgehead atoms. The lowest BCUT2D eigenvalue weighted by Gasteiger charge is -2.12. The number of benzene rings is 1. The van der Waals surface area contributed by atoms with Crippen LogP contribution in [0.2, 0.25) is 0 Å². The summed E-state index contributed by atoms with van der Waals surface area (Å²) in [5.74, 6) is 0.764. The number of rotatable bonds is 3. The van der Waals surface area contributed by atoms with E-state index in [2.05, 4.69) is 22.5 Å². The summed E-state index contributed by atoms with van der Waals surface area (Å²) >= 11 is 3.22. The molecule has 0 amide bonds. The molecule has 0 aliphatic rings. The zero-order valence-electron chi connectivity index (χ0n) is 8.24. The summed E-state index contributed by atoms with van der Waals surface area (Å²) in [6.45, 7) is 3.57. The Balaban J connectivity index is 0.00000196. The molecular formula is C10H13BrClNO2. The average Bonchev–Trinajstić information content (AvgIpc) is 2.20. The van der Waals surface area contributed by atoms with Crippen molar-refractivity contribution in [3.8, 4) is 11.5 Å². The number of hydrogen-bond donors (Lipinski definition) is 2. The third-order valence-corrected chi connectivity index (χ3v) is 2.52. The monoisotopic (exact) mass is 293 g/mol. The van der Waals surface area contributed by atoms with E-state index >= 15 is 0 Å². The number of phenolic OH excluding ortho intramolecular Hbond substituents is 1. The summed E-state index contributed by atoms with van der Waals surface area (Å²) in [5.41, 5.74) is 6.32. The van der Waals surface area contributed by atoms with E-state index in [9.17, 15) is 5.11 Å². The number of phenols is 1. The minimum atomic E-state index is -0.401. The van der Waals surface area contributed by atoms with Crippen molar-refractivity contribution < 1.29 is 9.84 Å². The van der Waals surface area contributed by atoms with Gasteiger partial charge in [-0.05, 0) is 28.1 Å². The molecule has 0 spiro atoms. The van der Waals surface area contributed by atoms with E-state index in [4.69, 9.17) is 10.5 Å². The van der Waals surface area contributed by atoms with Crippen LogP contribution in [0.15, 0.2) is 29.3 Å². The normalized spacial score (nSPS) is 11.4. The molecule has 3 nitrogen and oxygen atoms in total. The molecule has 1 rings (SSSR count). The Morgan fingerprint density at radius 3 is 2.67 bits per heavy atom. The number of hydrogen-bond acceptors (Lipinski definition) is 3. The Labute approximate surface area is 103 Å². The number of nitrogens with two attached hydrogens (primary N) is 1. The van der Waals surface area contributed by atoms with Gasteiger partial charge in [0.15, 0.2) is 0 Å². The SMILES string of the molecule is C=C[C@H](N)c1cc(OC)cc(Br)c1O.Cl. The van der Waals surface area contributed by atoms with Crippen molar-refractivity contribution in [1.29, 1.82) is 0 Å². The maximum absolute atomic E-state index is 9.69. The van der Waals surface area contributed by atoms with Crippen molar-refractivity contribution in [3.05, 3.63) is 34.8 Å². The van der Waals surface area contributed by atoms with Crippen LogP contribution in [0.4, 0.5) is 0 Å². The Morgan fingerprint density at radius 1 is 1.60 bits per heavy atom. The van der Waals surface area contributed by atoms with Gasteiger partial charge < -0.3 is 15.6 Å². The molecule has 0 fully saturated rings. The van der Waals surface area contributed by atoms with Crippen LogP contribution in [0, 0.1) is 0 Å². The van der Waals surface area contributed by atoms with E-state index in [1.54, 1.807) is 25.3 Å². The van der Waals surface area contributed by atoms with Crippen molar-refractivity contribution in [3.63, 3.8) is 0 Å². The van der Waals surface area contributed by atoms with Crippen LogP contribution in [0.3, 0.4) is 0 Å². The lowest BCUT2D eigenvalue weighted by atomic mass is 10.1. The van der Waals surface area contributed by atoms with E-state index in [1.165, 1.54) is 0 Å². The molecule has 0 aliphatic carbocycles. The standard InChI is InChI=1S/C10H12BrNO2.ClH/c1-3-9(12)7-4-6(14-2)5-8(11)10(7)13;/h3-5,9,13H,1,12H2,2H3;1H/t9-;/m0./s1. The highest BCUT2D eigenvalue weighted by Gasteiger charge is 2.12. The zero-order chi connectivity index (χ0) is 10.7. The van der Waals surface area contributed by atoms with Gasteiger partial charge in [0.25, 0.3) is 0 Å². The van der Waals surface area contributed by atoms with Gasteiger partial charge in [0.1, 0.15) is 11.5 Å². The maximum atomic E-state index is 9.69. The first-order valence-corrected chi connectivity index (χ1v) is 4.84. The first-order valence-electron chi connectivity index (χ1n) is 4.04. The highest BCUT2D eigenvalue weighted by molar-refractivity contribution is 9.10. The molecule has 0 heterocycles. The van der Waals surface area contributed by atoms with Crippen molar-refractivity contribution in [2.24, 2.45) is 5.73 Å². The summed E-state index contributed by atoms with van der Waals surface area (Å²) in [6, 6.07) is 2.96. The van der Waals surface area contributed by atoms with Gasteiger partial charge in [-0.1, -0.05) is 6.08 Å². The molecule has 0 aliphatic heterocycles. The van der Waals surface area contributed by atoms with Crippen molar-refractivity contribution >= 4 is 28.3 Å². The molecule has 1 aromatic carbocycles. The minimum absolute atomic E-state index is 0. The Hall–Kier alpha value is -0.710. The van der Waals surface area contributed by atoms with Gasteiger partial charge in [-0.25, -0.2) is 0 Å². The Kier molecular flexibility index (Phi) is 5.72. The number of halogens is 2.